The van der Waals surface area contributed by atoms with Gasteiger partial charge >= 0.3 is 17.9 Å². The lowest BCUT2D eigenvalue weighted by atomic mass is 9.97. The fourth-order valence-electron chi connectivity index (χ4n) is 7.82. The second-order valence-corrected chi connectivity index (χ2v) is 16.7. The highest BCUT2D eigenvalue weighted by Crippen LogP contribution is 2.46. The van der Waals surface area contributed by atoms with Gasteiger partial charge in [-0.3, -0.25) is 9.97 Å². The van der Waals surface area contributed by atoms with Crippen LogP contribution >= 0.6 is 0 Å². The molecule has 10 heteroatoms. The molecule has 5 N–H and O–H groups in total. The summed E-state index contributed by atoms with van der Waals surface area (Å²) >= 11 is 0. The Bertz CT molecular complexity index is 2820. The minimum atomic E-state index is -0.944. The van der Waals surface area contributed by atoms with Crippen LogP contribution in [0.1, 0.15) is 115 Å². The molecule has 0 amide bonds. The summed E-state index contributed by atoms with van der Waals surface area (Å²) in [5, 5.41) is 34.0. The highest BCUT2D eigenvalue weighted by Gasteiger charge is 2.29. The van der Waals surface area contributed by atoms with Crippen molar-refractivity contribution in [2.45, 2.75) is 70.1 Å². The van der Waals surface area contributed by atoms with Crippen molar-refractivity contribution in [2.75, 3.05) is 10.6 Å². The average Bonchev–Trinajstić information content (AvgIpc) is 4.12. The van der Waals surface area contributed by atoms with Crippen LogP contribution in [0.25, 0.3) is 22.4 Å². The molecular formula is C54H50N4O6. The summed E-state index contributed by atoms with van der Waals surface area (Å²) in [4.78, 5) is 42.9. The van der Waals surface area contributed by atoms with Crippen LogP contribution in [0, 0.1) is 13.8 Å². The summed E-state index contributed by atoms with van der Waals surface area (Å²) < 4.78 is 0. The van der Waals surface area contributed by atoms with E-state index in [1.165, 1.54) is 36.8 Å². The maximum absolute atomic E-state index is 11.8. The number of benzene rings is 5. The molecule has 0 saturated heterocycles. The Kier molecular flexibility index (Phi) is 12.9. The van der Waals surface area contributed by atoms with Crippen LogP contribution in [-0.2, 0) is 0 Å². The van der Waals surface area contributed by atoms with Gasteiger partial charge in [-0.15, -0.1) is 0 Å². The van der Waals surface area contributed by atoms with E-state index in [9.17, 15) is 24.6 Å². The Labute approximate surface area is 372 Å². The minimum Gasteiger partial charge on any atom is -0.478 e. The molecule has 0 spiro atoms. The SMILES string of the molecule is Cc1ccc(Nc2cnc(-c3ccccc3C3CC3)c(C)c2)c(C(=O)O)c1.O=C(O)c1cc(C2CC2)ccc1Nc1cnc(C2CC2)c(-c2ccccc2)c1.O=C(O)c1ccccc1. The number of pyridine rings is 2. The number of nitrogens with one attached hydrogen (secondary N) is 2. The monoisotopic (exact) mass is 850 g/mol. The molecule has 2 heterocycles. The van der Waals surface area contributed by atoms with Crippen LogP contribution in [0.5, 0.6) is 0 Å². The van der Waals surface area contributed by atoms with Gasteiger partial charge in [0.2, 0.25) is 0 Å². The number of nitrogens with zero attached hydrogens (tertiary/aromatic N) is 2. The number of aromatic nitrogens is 2. The molecule has 3 fully saturated rings. The van der Waals surface area contributed by atoms with Gasteiger partial charge < -0.3 is 26.0 Å². The van der Waals surface area contributed by atoms with Crippen molar-refractivity contribution in [1.82, 2.24) is 9.97 Å². The van der Waals surface area contributed by atoms with Gasteiger partial charge in [-0.2, -0.15) is 0 Å². The molecule has 0 radical (unpaired) electrons. The van der Waals surface area contributed by atoms with Crippen LogP contribution in [0.3, 0.4) is 0 Å². The molecule has 3 saturated carbocycles. The van der Waals surface area contributed by atoms with Gasteiger partial charge in [0.05, 0.1) is 63.2 Å². The Morgan fingerprint density at radius 3 is 1.69 bits per heavy atom. The molecule has 7 aromatic rings. The third-order valence-corrected chi connectivity index (χ3v) is 11.6. The Hall–Kier alpha value is -7.59. The zero-order chi connectivity index (χ0) is 44.7. The fourth-order valence-corrected chi connectivity index (χ4v) is 7.82. The fraction of sp³-hybridized carbons (Fsp3) is 0.204. The zero-order valence-corrected chi connectivity index (χ0v) is 35.8. The molecule has 0 bridgehead atoms. The van der Waals surface area contributed by atoms with Gasteiger partial charge in [0, 0.05) is 17.0 Å². The number of aryl methyl sites for hydroxylation is 2. The van der Waals surface area contributed by atoms with E-state index in [2.05, 4.69) is 53.1 Å². The molecule has 0 unspecified atom stereocenters. The first-order chi connectivity index (χ1) is 31.0. The molecule has 5 aromatic carbocycles. The average molecular weight is 851 g/mol. The molecule has 3 aliphatic carbocycles. The predicted octanol–water partition coefficient (Wildman–Crippen LogP) is 13.0. The third kappa shape index (κ3) is 10.7. The van der Waals surface area contributed by atoms with Crippen LogP contribution in [0.15, 0.2) is 146 Å². The Balaban J connectivity index is 0.000000147. The first-order valence-electron chi connectivity index (χ1n) is 21.7. The number of aromatic carboxylic acids is 3. The maximum Gasteiger partial charge on any atom is 0.337 e. The van der Waals surface area contributed by atoms with Crippen molar-refractivity contribution in [1.29, 1.82) is 0 Å². The van der Waals surface area contributed by atoms with E-state index in [1.807, 2.05) is 68.6 Å². The van der Waals surface area contributed by atoms with E-state index in [4.69, 9.17) is 15.1 Å². The van der Waals surface area contributed by atoms with Crippen LogP contribution in [0.2, 0.25) is 0 Å². The number of rotatable bonds is 12. The molecular weight excluding hydrogens is 801 g/mol. The lowest BCUT2D eigenvalue weighted by Crippen LogP contribution is -2.04. The van der Waals surface area contributed by atoms with E-state index in [-0.39, 0.29) is 5.56 Å². The first kappa shape index (κ1) is 43.1. The smallest absolute Gasteiger partial charge is 0.337 e. The van der Waals surface area contributed by atoms with Gasteiger partial charge in [0.1, 0.15) is 0 Å². The molecule has 0 atom stereocenters. The predicted molar refractivity (Wildman–Crippen MR) is 252 cm³/mol. The first-order valence-corrected chi connectivity index (χ1v) is 21.7. The van der Waals surface area contributed by atoms with Crippen LogP contribution in [-0.4, -0.2) is 43.2 Å². The summed E-state index contributed by atoms with van der Waals surface area (Å²) in [7, 11) is 0. The summed E-state index contributed by atoms with van der Waals surface area (Å²) in [6.45, 7) is 3.93. The van der Waals surface area contributed by atoms with Crippen molar-refractivity contribution in [3.63, 3.8) is 0 Å². The molecule has 2 aromatic heterocycles. The lowest BCUT2D eigenvalue weighted by molar-refractivity contribution is 0.0686. The van der Waals surface area contributed by atoms with E-state index >= 15 is 0 Å². The summed E-state index contributed by atoms with van der Waals surface area (Å²) in [5.74, 6) is -1.01. The third-order valence-electron chi connectivity index (χ3n) is 11.6. The van der Waals surface area contributed by atoms with Gasteiger partial charge in [0.15, 0.2) is 0 Å². The molecule has 10 nitrogen and oxygen atoms in total. The molecule has 10 rings (SSSR count). The normalized spacial score (nSPS) is 13.9. The van der Waals surface area contributed by atoms with Gasteiger partial charge in [-0.1, -0.05) is 90.5 Å². The topological polar surface area (TPSA) is 162 Å². The van der Waals surface area contributed by atoms with E-state index < -0.39 is 17.9 Å². The maximum atomic E-state index is 11.8. The number of hydrogen-bond acceptors (Lipinski definition) is 7. The second-order valence-electron chi connectivity index (χ2n) is 16.7. The highest BCUT2D eigenvalue weighted by atomic mass is 16.4. The number of hydrogen-bond donors (Lipinski definition) is 5. The number of carboxylic acids is 3. The van der Waals surface area contributed by atoms with E-state index in [1.54, 1.807) is 48.7 Å². The summed E-state index contributed by atoms with van der Waals surface area (Å²) in [5.41, 5.74) is 13.8. The van der Waals surface area contributed by atoms with Crippen LogP contribution < -0.4 is 10.6 Å². The van der Waals surface area contributed by atoms with Crippen molar-refractivity contribution >= 4 is 40.7 Å². The largest absolute Gasteiger partial charge is 0.478 e. The van der Waals surface area contributed by atoms with Crippen molar-refractivity contribution < 1.29 is 29.7 Å². The Morgan fingerprint density at radius 1 is 0.531 bits per heavy atom. The number of carboxylic acid groups (broad SMARTS) is 3. The highest BCUT2D eigenvalue weighted by molar-refractivity contribution is 5.96. The van der Waals surface area contributed by atoms with Gasteiger partial charge in [0.25, 0.3) is 0 Å². The molecule has 64 heavy (non-hydrogen) atoms. The van der Waals surface area contributed by atoms with Crippen molar-refractivity contribution in [2.24, 2.45) is 0 Å². The van der Waals surface area contributed by atoms with Crippen LogP contribution in [0.4, 0.5) is 22.7 Å². The standard InChI is InChI=1S/C24H22N2O2.C23H22N2O2.C7H6O2/c27-24(28)21-12-18(15-6-7-15)10-11-22(21)26-19-13-20(16-4-2-1-3-5-16)23(25-14-19)17-8-9-17;1-14-7-10-21(20(11-14)23(26)27)25-17-12-15(2)22(24-13-17)19-6-4-3-5-18(19)16-8-9-16;8-7(9)6-4-2-1-3-5-6/h1-5,10-15,17,26H,6-9H2,(H,27,28);3-7,10-13,16,25H,8-9H2,1-2H3,(H,26,27);1-5H,(H,8,9). The van der Waals surface area contributed by atoms with Crippen molar-refractivity contribution in [3.05, 3.63) is 190 Å². The molecule has 3 aliphatic rings. The molecule has 0 aliphatic heterocycles. The quantitative estimate of drug-likeness (QED) is 0.0800. The van der Waals surface area contributed by atoms with Gasteiger partial charge in [-0.05, 0) is 135 Å². The van der Waals surface area contributed by atoms with E-state index in [0.29, 0.717) is 40.3 Å². The number of carbonyl (C=O) groups is 3. The van der Waals surface area contributed by atoms with Gasteiger partial charge in [-0.25, -0.2) is 14.4 Å². The zero-order valence-electron chi connectivity index (χ0n) is 35.8. The Morgan fingerprint density at radius 2 is 1.09 bits per heavy atom. The minimum absolute atomic E-state index is 0.260. The summed E-state index contributed by atoms with van der Waals surface area (Å²) in [6.07, 6.45) is 10.8. The lowest BCUT2D eigenvalue weighted by Gasteiger charge is -2.14. The number of anilines is 4. The summed E-state index contributed by atoms with van der Waals surface area (Å²) in [6, 6.07) is 42.3. The molecule has 322 valence electrons. The van der Waals surface area contributed by atoms with Crippen molar-refractivity contribution in [3.8, 4) is 22.4 Å². The van der Waals surface area contributed by atoms with E-state index in [0.717, 1.165) is 63.4 Å². The second kappa shape index (κ2) is 19.2.